The summed E-state index contributed by atoms with van der Waals surface area (Å²) in [5.41, 5.74) is 1.93. The number of thioether (sulfide) groups is 2. The summed E-state index contributed by atoms with van der Waals surface area (Å²) in [6.45, 7) is 4.27. The van der Waals surface area contributed by atoms with Crippen LogP contribution in [0.25, 0.3) is 0 Å². The van der Waals surface area contributed by atoms with E-state index in [4.69, 9.17) is 0 Å². The Kier molecular flexibility index (Phi) is 4.98. The van der Waals surface area contributed by atoms with Gasteiger partial charge in [-0.2, -0.15) is 23.5 Å². The zero-order chi connectivity index (χ0) is 13.1. The van der Waals surface area contributed by atoms with Gasteiger partial charge < -0.3 is 5.32 Å². The van der Waals surface area contributed by atoms with Gasteiger partial charge in [0.2, 0.25) is 0 Å². The molecule has 1 saturated heterocycles. The topological polar surface area (TPSA) is 12.0 Å². The van der Waals surface area contributed by atoms with Gasteiger partial charge in [0.1, 0.15) is 5.82 Å². The third-order valence-corrected chi connectivity index (χ3v) is 6.56. The molecule has 4 heteroatoms. The second-order valence-corrected chi connectivity index (χ2v) is 7.47. The maximum absolute atomic E-state index is 14.0. The monoisotopic (exact) mass is 285 g/mol. The van der Waals surface area contributed by atoms with E-state index in [1.54, 1.807) is 6.07 Å². The molecule has 100 valence electrons. The molecule has 1 aromatic rings. The molecule has 0 radical (unpaired) electrons. The van der Waals surface area contributed by atoms with E-state index in [-0.39, 0.29) is 11.9 Å². The van der Waals surface area contributed by atoms with Crippen LogP contribution in [-0.4, -0.2) is 29.1 Å². The minimum Gasteiger partial charge on any atom is -0.312 e. The van der Waals surface area contributed by atoms with Crippen LogP contribution in [0.4, 0.5) is 4.39 Å². The van der Waals surface area contributed by atoms with E-state index in [9.17, 15) is 4.39 Å². The van der Waals surface area contributed by atoms with E-state index in [0.29, 0.717) is 10.5 Å². The van der Waals surface area contributed by atoms with Crippen molar-refractivity contribution in [3.05, 3.63) is 35.1 Å². The lowest BCUT2D eigenvalue weighted by Gasteiger charge is -2.34. The van der Waals surface area contributed by atoms with Gasteiger partial charge in [-0.15, -0.1) is 0 Å². The molecule has 1 aromatic carbocycles. The minimum atomic E-state index is -0.0941. The summed E-state index contributed by atoms with van der Waals surface area (Å²) in [5.74, 6) is 2.27. The highest BCUT2D eigenvalue weighted by atomic mass is 32.2. The first kappa shape index (κ1) is 14.2. The Hall–Kier alpha value is -0.190. The van der Waals surface area contributed by atoms with Gasteiger partial charge in [-0.1, -0.05) is 24.6 Å². The Morgan fingerprint density at radius 3 is 2.72 bits per heavy atom. The van der Waals surface area contributed by atoms with Crippen molar-refractivity contribution in [1.29, 1.82) is 0 Å². The molecule has 1 N–H and O–H groups in total. The Bertz CT molecular complexity index is 411. The smallest absolute Gasteiger partial charge is 0.128 e. The Morgan fingerprint density at radius 2 is 2.06 bits per heavy atom. The molecule has 0 aromatic heterocycles. The molecule has 3 unspecified atom stereocenters. The fourth-order valence-electron chi connectivity index (χ4n) is 2.41. The van der Waals surface area contributed by atoms with Crippen LogP contribution in [-0.2, 0) is 0 Å². The first-order valence-corrected chi connectivity index (χ1v) is 8.39. The molecule has 1 nitrogen and oxygen atoms in total. The number of benzene rings is 1. The molecule has 0 aliphatic carbocycles. The summed E-state index contributed by atoms with van der Waals surface area (Å²) in [6, 6.07) is 5.49. The zero-order valence-electron chi connectivity index (χ0n) is 11.1. The largest absolute Gasteiger partial charge is 0.312 e. The standard InChI is InChI=1S/C14H20FNS2/c1-9-4-5-12(15)11(8-9)13(16-3)14-10(2)17-6-7-18-14/h4-5,8,10,13-14,16H,6-7H2,1-3H3. The summed E-state index contributed by atoms with van der Waals surface area (Å²) < 4.78 is 14.0. The summed E-state index contributed by atoms with van der Waals surface area (Å²) in [6.07, 6.45) is 0. The lowest BCUT2D eigenvalue weighted by atomic mass is 9.99. The summed E-state index contributed by atoms with van der Waals surface area (Å²) in [4.78, 5) is 0. The SMILES string of the molecule is CNC(c1cc(C)ccc1F)C1SCCSC1C. The first-order valence-electron chi connectivity index (χ1n) is 6.30. The van der Waals surface area contributed by atoms with Crippen molar-refractivity contribution in [2.45, 2.75) is 30.4 Å². The third kappa shape index (κ3) is 3.03. The van der Waals surface area contributed by atoms with Crippen LogP contribution < -0.4 is 5.32 Å². The average molecular weight is 285 g/mol. The van der Waals surface area contributed by atoms with Crippen LogP contribution in [0, 0.1) is 12.7 Å². The molecular weight excluding hydrogens is 265 g/mol. The summed E-state index contributed by atoms with van der Waals surface area (Å²) >= 11 is 3.95. The lowest BCUT2D eigenvalue weighted by molar-refractivity contribution is 0.516. The Balaban J connectivity index is 2.29. The molecule has 0 saturated carbocycles. The molecule has 1 fully saturated rings. The number of aryl methyl sites for hydroxylation is 1. The summed E-state index contributed by atoms with van der Waals surface area (Å²) in [7, 11) is 1.93. The molecule has 0 spiro atoms. The minimum absolute atomic E-state index is 0.0941. The number of nitrogens with one attached hydrogen (secondary N) is 1. The van der Waals surface area contributed by atoms with E-state index in [1.807, 2.05) is 49.6 Å². The van der Waals surface area contributed by atoms with Gasteiger partial charge in [0.05, 0.1) is 0 Å². The molecular formula is C14H20FNS2. The van der Waals surface area contributed by atoms with Crippen LogP contribution in [0.3, 0.4) is 0 Å². The molecule has 0 bridgehead atoms. The van der Waals surface area contributed by atoms with Crippen molar-refractivity contribution in [3.63, 3.8) is 0 Å². The van der Waals surface area contributed by atoms with Crippen LogP contribution in [0.1, 0.15) is 24.1 Å². The van der Waals surface area contributed by atoms with E-state index >= 15 is 0 Å². The zero-order valence-corrected chi connectivity index (χ0v) is 12.7. The predicted molar refractivity (Wildman–Crippen MR) is 81.1 cm³/mol. The van der Waals surface area contributed by atoms with Gasteiger partial charge in [0.25, 0.3) is 0 Å². The van der Waals surface area contributed by atoms with Gasteiger partial charge >= 0.3 is 0 Å². The highest BCUT2D eigenvalue weighted by Crippen LogP contribution is 2.39. The quantitative estimate of drug-likeness (QED) is 0.911. The van der Waals surface area contributed by atoms with Crippen molar-refractivity contribution >= 4 is 23.5 Å². The first-order chi connectivity index (χ1) is 8.63. The van der Waals surface area contributed by atoms with Gasteiger partial charge in [0, 0.05) is 33.6 Å². The maximum atomic E-state index is 14.0. The van der Waals surface area contributed by atoms with E-state index in [2.05, 4.69) is 12.2 Å². The number of halogens is 1. The fourth-order valence-corrected chi connectivity index (χ4v) is 5.39. The van der Waals surface area contributed by atoms with Crippen molar-refractivity contribution in [2.75, 3.05) is 18.6 Å². The Labute approximate surface area is 117 Å². The van der Waals surface area contributed by atoms with Crippen LogP contribution >= 0.6 is 23.5 Å². The predicted octanol–water partition coefficient (Wildman–Crippen LogP) is 3.63. The second-order valence-electron chi connectivity index (χ2n) is 4.70. The van der Waals surface area contributed by atoms with E-state index < -0.39 is 0 Å². The van der Waals surface area contributed by atoms with Crippen LogP contribution in [0.15, 0.2) is 18.2 Å². The van der Waals surface area contributed by atoms with Crippen molar-refractivity contribution in [3.8, 4) is 0 Å². The Morgan fingerprint density at radius 1 is 1.33 bits per heavy atom. The van der Waals surface area contributed by atoms with E-state index in [1.165, 1.54) is 5.75 Å². The van der Waals surface area contributed by atoms with Crippen molar-refractivity contribution in [2.24, 2.45) is 0 Å². The fraction of sp³-hybridized carbons (Fsp3) is 0.571. The maximum Gasteiger partial charge on any atom is 0.128 e. The van der Waals surface area contributed by atoms with Gasteiger partial charge in [-0.3, -0.25) is 0 Å². The van der Waals surface area contributed by atoms with Crippen LogP contribution in [0.2, 0.25) is 0 Å². The lowest BCUT2D eigenvalue weighted by Crippen LogP contribution is -2.36. The molecule has 1 aliphatic heterocycles. The number of rotatable bonds is 3. The highest BCUT2D eigenvalue weighted by Gasteiger charge is 2.31. The number of hydrogen-bond donors (Lipinski definition) is 1. The molecule has 1 heterocycles. The normalized spacial score (nSPS) is 26.0. The van der Waals surface area contributed by atoms with Crippen molar-refractivity contribution in [1.82, 2.24) is 5.32 Å². The van der Waals surface area contributed by atoms with Gasteiger partial charge in [-0.05, 0) is 20.0 Å². The van der Waals surface area contributed by atoms with E-state index in [0.717, 1.165) is 16.9 Å². The summed E-state index contributed by atoms with van der Waals surface area (Å²) in [5, 5.41) is 4.30. The number of hydrogen-bond acceptors (Lipinski definition) is 3. The molecule has 1 aliphatic rings. The molecule has 18 heavy (non-hydrogen) atoms. The van der Waals surface area contributed by atoms with Gasteiger partial charge in [-0.25, -0.2) is 4.39 Å². The van der Waals surface area contributed by atoms with Crippen LogP contribution in [0.5, 0.6) is 0 Å². The molecule has 2 rings (SSSR count). The van der Waals surface area contributed by atoms with Gasteiger partial charge in [0.15, 0.2) is 0 Å². The highest BCUT2D eigenvalue weighted by molar-refractivity contribution is 8.07. The average Bonchev–Trinajstić information content (AvgIpc) is 2.36. The second kappa shape index (κ2) is 6.31. The van der Waals surface area contributed by atoms with Crippen molar-refractivity contribution < 1.29 is 4.39 Å². The third-order valence-electron chi connectivity index (χ3n) is 3.36. The molecule has 0 amide bonds. The molecule has 3 atom stereocenters.